The topological polar surface area (TPSA) is 67.4 Å². The van der Waals surface area contributed by atoms with Gasteiger partial charge < -0.3 is 15.4 Å². The smallest absolute Gasteiger partial charge is 0.262 e. The molecule has 0 saturated heterocycles. The zero-order valence-electron chi connectivity index (χ0n) is 17.1. The molecule has 0 fully saturated rings. The molecule has 4 rings (SSSR count). The van der Waals surface area contributed by atoms with Gasteiger partial charge in [-0.1, -0.05) is 48.5 Å². The van der Waals surface area contributed by atoms with Gasteiger partial charge in [0.25, 0.3) is 11.8 Å². The first-order valence-corrected chi connectivity index (χ1v) is 9.97. The van der Waals surface area contributed by atoms with Gasteiger partial charge in [0, 0.05) is 16.9 Å². The van der Waals surface area contributed by atoms with E-state index in [1.807, 2.05) is 67.6 Å². The summed E-state index contributed by atoms with van der Waals surface area (Å²) in [6.45, 7) is 1.80. The molecule has 2 N–H and O–H groups in total. The number of amides is 2. The third kappa shape index (κ3) is 5.08. The predicted molar refractivity (Wildman–Crippen MR) is 124 cm³/mol. The third-order valence-corrected chi connectivity index (χ3v) is 4.91. The zero-order valence-corrected chi connectivity index (χ0v) is 17.1. The molecule has 0 spiro atoms. The van der Waals surface area contributed by atoms with Gasteiger partial charge in [0.1, 0.15) is 5.75 Å². The van der Waals surface area contributed by atoms with Gasteiger partial charge in [0.05, 0.1) is 0 Å². The quantitative estimate of drug-likeness (QED) is 0.446. The highest BCUT2D eigenvalue weighted by molar-refractivity contribution is 6.05. The number of fused-ring (bicyclic) bond motifs is 1. The van der Waals surface area contributed by atoms with Gasteiger partial charge in [-0.2, -0.15) is 0 Å². The number of benzene rings is 4. The molecule has 4 aromatic carbocycles. The van der Waals surface area contributed by atoms with Gasteiger partial charge in [0.2, 0.25) is 0 Å². The van der Waals surface area contributed by atoms with Gasteiger partial charge in [-0.3, -0.25) is 9.59 Å². The van der Waals surface area contributed by atoms with E-state index in [0.29, 0.717) is 22.7 Å². The maximum absolute atomic E-state index is 12.4. The van der Waals surface area contributed by atoms with Crippen LogP contribution in [0.1, 0.15) is 15.9 Å². The first-order chi connectivity index (χ1) is 15.1. The Bertz CT molecular complexity index is 1230. The molecule has 31 heavy (non-hydrogen) atoms. The lowest BCUT2D eigenvalue weighted by Gasteiger charge is -2.10. The maximum atomic E-state index is 12.4. The van der Waals surface area contributed by atoms with Crippen molar-refractivity contribution in [3.63, 3.8) is 0 Å². The molecule has 2 amide bonds. The van der Waals surface area contributed by atoms with E-state index in [0.717, 1.165) is 16.3 Å². The fourth-order valence-corrected chi connectivity index (χ4v) is 3.27. The minimum atomic E-state index is -0.259. The summed E-state index contributed by atoms with van der Waals surface area (Å²) in [4.78, 5) is 24.6. The van der Waals surface area contributed by atoms with Crippen LogP contribution in [0.15, 0.2) is 91.0 Å². The first-order valence-electron chi connectivity index (χ1n) is 9.97. The highest BCUT2D eigenvalue weighted by Gasteiger charge is 2.09. The molecule has 0 radical (unpaired) electrons. The summed E-state index contributed by atoms with van der Waals surface area (Å²) in [5, 5.41) is 7.84. The van der Waals surface area contributed by atoms with E-state index in [2.05, 4.69) is 10.6 Å². The van der Waals surface area contributed by atoms with E-state index >= 15 is 0 Å². The molecule has 0 aromatic heterocycles. The normalized spacial score (nSPS) is 10.5. The Morgan fingerprint density at radius 1 is 0.742 bits per heavy atom. The van der Waals surface area contributed by atoms with E-state index in [1.54, 1.807) is 30.3 Å². The Morgan fingerprint density at radius 2 is 1.39 bits per heavy atom. The van der Waals surface area contributed by atoms with Crippen molar-refractivity contribution in [1.29, 1.82) is 0 Å². The molecule has 4 aromatic rings. The van der Waals surface area contributed by atoms with Gasteiger partial charge >= 0.3 is 0 Å². The van der Waals surface area contributed by atoms with Crippen molar-refractivity contribution < 1.29 is 14.3 Å². The Hall–Kier alpha value is -4.12. The van der Waals surface area contributed by atoms with E-state index in [9.17, 15) is 9.59 Å². The third-order valence-electron chi connectivity index (χ3n) is 4.91. The molecule has 0 aliphatic carbocycles. The summed E-state index contributed by atoms with van der Waals surface area (Å²) in [5.74, 6) is 0.214. The van der Waals surface area contributed by atoms with Gasteiger partial charge in [-0.25, -0.2) is 0 Å². The second-order valence-corrected chi connectivity index (χ2v) is 7.19. The van der Waals surface area contributed by atoms with E-state index in [1.165, 1.54) is 0 Å². The monoisotopic (exact) mass is 410 g/mol. The van der Waals surface area contributed by atoms with E-state index < -0.39 is 0 Å². The molecule has 0 aliphatic rings. The van der Waals surface area contributed by atoms with Crippen LogP contribution in [-0.2, 0) is 4.79 Å². The fraction of sp³-hybridized carbons (Fsp3) is 0.0769. The average Bonchev–Trinajstić information content (AvgIpc) is 2.79. The number of carbonyl (C=O) groups excluding carboxylic acids is 2. The highest BCUT2D eigenvalue weighted by Crippen LogP contribution is 2.21. The molecular weight excluding hydrogens is 388 g/mol. The second kappa shape index (κ2) is 9.13. The SMILES string of the molecule is Cc1ccccc1C(=O)Nc1ccc(NC(=O)COc2ccc3ccccc3c2)cc1. The molecule has 5 heteroatoms. The molecule has 0 bridgehead atoms. The highest BCUT2D eigenvalue weighted by atomic mass is 16.5. The number of ether oxygens (including phenoxy) is 1. The molecule has 0 unspecified atom stereocenters. The molecular formula is C26H22N2O3. The van der Waals surface area contributed by atoms with Gasteiger partial charge in [0.15, 0.2) is 6.61 Å². The number of hydrogen-bond donors (Lipinski definition) is 2. The maximum Gasteiger partial charge on any atom is 0.262 e. The zero-order chi connectivity index (χ0) is 21.6. The summed E-state index contributed by atoms with van der Waals surface area (Å²) < 4.78 is 5.62. The van der Waals surface area contributed by atoms with Gasteiger partial charge in [-0.05, 0) is 65.7 Å². The van der Waals surface area contributed by atoms with Crippen LogP contribution in [-0.4, -0.2) is 18.4 Å². The van der Waals surface area contributed by atoms with Crippen LogP contribution in [0.2, 0.25) is 0 Å². The van der Waals surface area contributed by atoms with Crippen LogP contribution in [0.3, 0.4) is 0 Å². The Kier molecular flexibility index (Phi) is 5.94. The number of aryl methyl sites for hydroxylation is 1. The van der Waals surface area contributed by atoms with Crippen LogP contribution < -0.4 is 15.4 Å². The minimum absolute atomic E-state index is 0.0931. The summed E-state index contributed by atoms with van der Waals surface area (Å²) >= 11 is 0. The molecule has 154 valence electrons. The Balaban J connectivity index is 1.31. The molecule has 0 saturated carbocycles. The molecule has 5 nitrogen and oxygen atoms in total. The van der Waals surface area contributed by atoms with Crippen LogP contribution in [0.5, 0.6) is 5.75 Å². The minimum Gasteiger partial charge on any atom is -0.484 e. The average molecular weight is 410 g/mol. The van der Waals surface area contributed by atoms with Crippen molar-refractivity contribution in [2.45, 2.75) is 6.92 Å². The predicted octanol–water partition coefficient (Wildman–Crippen LogP) is 5.42. The lowest BCUT2D eigenvalue weighted by molar-refractivity contribution is -0.118. The summed E-state index contributed by atoms with van der Waals surface area (Å²) in [6.07, 6.45) is 0. The van der Waals surface area contributed by atoms with Crippen molar-refractivity contribution in [2.24, 2.45) is 0 Å². The molecule has 0 aliphatic heterocycles. The lowest BCUT2D eigenvalue weighted by atomic mass is 10.1. The van der Waals surface area contributed by atoms with E-state index in [4.69, 9.17) is 4.74 Å². The van der Waals surface area contributed by atoms with Crippen molar-refractivity contribution in [1.82, 2.24) is 0 Å². The standard InChI is InChI=1S/C26H22N2O3/c1-18-6-2-5-9-24(18)26(30)28-22-13-11-21(12-14-22)27-25(29)17-31-23-15-10-19-7-3-4-8-20(19)16-23/h2-16H,17H2,1H3,(H,27,29)(H,28,30). The lowest BCUT2D eigenvalue weighted by Crippen LogP contribution is -2.20. The number of nitrogens with one attached hydrogen (secondary N) is 2. The molecule has 0 heterocycles. The van der Waals surface area contributed by atoms with Crippen molar-refractivity contribution >= 4 is 34.0 Å². The first kappa shape index (κ1) is 20.2. The molecule has 0 atom stereocenters. The Labute approximate surface area is 180 Å². The summed E-state index contributed by atoms with van der Waals surface area (Å²) in [6, 6.07) is 28.1. The number of anilines is 2. The number of carbonyl (C=O) groups is 2. The van der Waals surface area contributed by atoms with E-state index in [-0.39, 0.29) is 18.4 Å². The Morgan fingerprint density at radius 3 is 2.13 bits per heavy atom. The van der Waals surface area contributed by atoms with Crippen LogP contribution in [0, 0.1) is 6.92 Å². The largest absolute Gasteiger partial charge is 0.484 e. The fourth-order valence-electron chi connectivity index (χ4n) is 3.27. The van der Waals surface area contributed by atoms with Crippen molar-refractivity contribution in [3.05, 3.63) is 102 Å². The second-order valence-electron chi connectivity index (χ2n) is 7.19. The number of rotatable bonds is 6. The number of hydrogen-bond acceptors (Lipinski definition) is 3. The summed E-state index contributed by atoms with van der Waals surface area (Å²) in [7, 11) is 0. The summed E-state index contributed by atoms with van der Waals surface area (Å²) in [5.41, 5.74) is 2.82. The van der Waals surface area contributed by atoms with Gasteiger partial charge in [-0.15, -0.1) is 0 Å². The van der Waals surface area contributed by atoms with Crippen molar-refractivity contribution in [2.75, 3.05) is 17.2 Å². The van der Waals surface area contributed by atoms with Crippen LogP contribution in [0.4, 0.5) is 11.4 Å². The van der Waals surface area contributed by atoms with Crippen LogP contribution >= 0.6 is 0 Å². The van der Waals surface area contributed by atoms with Crippen LogP contribution in [0.25, 0.3) is 10.8 Å². The van der Waals surface area contributed by atoms with Crippen molar-refractivity contribution in [3.8, 4) is 5.75 Å².